The number of amides is 18. The fourth-order valence-corrected chi connectivity index (χ4v) is 16.3. The largest absolute Gasteiger partial charge is 0.481 e. The Morgan fingerprint density at radius 3 is 1.55 bits per heavy atom. The van der Waals surface area contributed by atoms with Crippen LogP contribution in [0.3, 0.4) is 0 Å². The molecule has 5 heterocycles. The molecule has 1 aromatic heterocycles. The normalized spacial score (nSPS) is 28.5. The fraction of sp³-hybridized carbons (Fsp3) is 0.651. The van der Waals surface area contributed by atoms with Gasteiger partial charge in [0.1, 0.15) is 90.6 Å². The van der Waals surface area contributed by atoms with Gasteiger partial charge >= 0.3 is 5.97 Å². The topological polar surface area (TPSA) is 686 Å². The molecule has 47 heteroatoms. The lowest BCUT2D eigenvalue weighted by atomic mass is 9.97. The monoisotopic (exact) mass is 1630 g/mol. The highest BCUT2D eigenvalue weighted by Gasteiger charge is 2.44. The van der Waals surface area contributed by atoms with Crippen LogP contribution in [0, 0.1) is 11.8 Å². The van der Waals surface area contributed by atoms with E-state index in [1.165, 1.54) is 45.1 Å². The average molecular weight is 1630 g/mol. The number of fused-ring (bicyclic) bond motifs is 10. The van der Waals surface area contributed by atoms with E-state index in [1.807, 2.05) is 0 Å². The molecule has 43 nitrogen and oxygen atoms in total. The zero-order chi connectivity index (χ0) is 81.8. The Kier molecular flexibility index (Phi) is 36.7. The van der Waals surface area contributed by atoms with Crippen LogP contribution in [0.25, 0.3) is 0 Å². The molecule has 1 aromatic rings. The van der Waals surface area contributed by atoms with E-state index in [1.54, 1.807) is 6.92 Å². The van der Waals surface area contributed by atoms with Crippen LogP contribution in [0.4, 0.5) is 0 Å². The Hall–Kier alpha value is -9.58. The summed E-state index contributed by atoms with van der Waals surface area (Å²) < 4.78 is 0. The number of nitrogens with one attached hydrogen (secondary N) is 14. The zero-order valence-corrected chi connectivity index (χ0v) is 64.2. The van der Waals surface area contributed by atoms with Crippen LogP contribution in [-0.4, -0.2) is 289 Å². The van der Waals surface area contributed by atoms with Gasteiger partial charge in [-0.2, -0.15) is 0 Å². The Morgan fingerprint density at radius 1 is 0.545 bits per heavy atom. The standard InChI is InChI=1S/C63H98N22O21S4/c1-6-28(4)48-61(104)79-37(49(68)92)22-107-109-25-40-56(99)73-31(11-12-64)51(94)76-34(15-30-20-69-26-70-30)62(105)84-13-7-9-41(84)58(101)71-29(5)50(93)80-39(24-110-108-23-38(55(98)81-40)72-45(89)19-65)57(100)78-36(21-86)54(97)82-47(27(2)3)60(103)75-32(16-43(66)87)52(95)77-35(17-44(67)88)63(106)85-14-8-10-42(85)59(102)74-33(18-46(90)91)53(96)83-48/h20,26-29,31-42,47-48,86H,6-19,21-25,64-65H2,1-5H3,(H2,66,87)(H2,67,88)(H2,68,92)(H,69,70)(H,71,101)(H,72,89)(H,73,99)(H,74,102)(H,75,103)(H,76,94)(H,77,95)(H,78,100)(H,79,104)(H,80,93)(H,81,98)(H,82,97)(H,83,96)(H,90,91)/t28-,29-,31?,32-,33-,34-,35-,36-,37-,38-,39-,40-,41-,42-,47-,48-/m0/s1. The predicted molar refractivity (Wildman–Crippen MR) is 396 cm³/mol. The van der Waals surface area contributed by atoms with Crippen molar-refractivity contribution < 1.29 is 101 Å². The highest BCUT2D eigenvalue weighted by atomic mass is 33.1. The number of nitrogens with zero attached hydrogens (tertiary/aromatic N) is 3. The zero-order valence-electron chi connectivity index (χ0n) is 60.9. The molecule has 5 rings (SSSR count). The summed E-state index contributed by atoms with van der Waals surface area (Å²) in [6.07, 6.45) is -0.576. The van der Waals surface area contributed by atoms with E-state index in [2.05, 4.69) is 79.1 Å². The minimum absolute atomic E-state index is 0.0314. The summed E-state index contributed by atoms with van der Waals surface area (Å²) in [5, 5.41) is 52.3. The van der Waals surface area contributed by atoms with E-state index in [9.17, 15) is 101 Å². The van der Waals surface area contributed by atoms with Gasteiger partial charge in [-0.05, 0) is 57.4 Å². The third kappa shape index (κ3) is 27.5. The number of hydrogen-bond acceptors (Lipinski definition) is 27. The molecule has 0 radical (unpaired) electrons. The number of carbonyl (C=O) groups is 19. The van der Waals surface area contributed by atoms with Crippen molar-refractivity contribution in [2.45, 2.75) is 189 Å². The van der Waals surface area contributed by atoms with Crippen molar-refractivity contribution in [3.8, 4) is 0 Å². The number of carboxylic acids is 1. The van der Waals surface area contributed by atoms with Crippen LogP contribution < -0.4 is 97.8 Å². The molecule has 610 valence electrons. The second-order valence-electron chi connectivity index (χ2n) is 26.6. The van der Waals surface area contributed by atoms with Crippen molar-refractivity contribution in [1.29, 1.82) is 0 Å². The van der Waals surface area contributed by atoms with E-state index in [4.69, 9.17) is 28.7 Å². The first-order chi connectivity index (χ1) is 52.0. The second-order valence-corrected chi connectivity index (χ2v) is 31.7. The van der Waals surface area contributed by atoms with Gasteiger partial charge in [0.2, 0.25) is 106 Å². The molecule has 4 aliphatic heterocycles. The van der Waals surface area contributed by atoms with Crippen LogP contribution in [0.15, 0.2) is 12.5 Å². The summed E-state index contributed by atoms with van der Waals surface area (Å²) >= 11 is 0. The van der Waals surface area contributed by atoms with Crippen LogP contribution in [-0.2, 0) is 97.5 Å². The number of carbonyl (C=O) groups excluding carboxylic acids is 18. The smallest absolute Gasteiger partial charge is 0.305 e. The molecule has 4 saturated heterocycles. The Balaban J connectivity index is 1.66. The molecule has 0 aromatic carbocycles. The number of hydrogen-bond donors (Lipinski definition) is 21. The molecular formula is C63H98N22O21S4. The SMILES string of the molecule is CC[C@H](C)[C@@H]1NC(=O)[C@H](CC(=O)O)NC(=O)[C@@H]2CCCN2C(=O)[C@H](CC(N)=O)NC(=O)[C@H](CC(N)=O)NC(=O)[C@H](C(C)C)NC(=O)[C@H](CO)NC(=O)[C@@H]2CSSC[C@H](NC(=O)CN)C(=O)N[C@@H](CSSC[C@@H](C(N)=O)NC1=O)C(=O)NC(CCN)C(=O)N[C@@H](Cc1cnc[nH]1)C(=O)N1CCC[C@H]1C(=O)N[C@@H](C)C(=O)N2. The molecular weight excluding hydrogens is 1530 g/mol. The second kappa shape index (κ2) is 44.3. The third-order valence-electron chi connectivity index (χ3n) is 17.9. The van der Waals surface area contributed by atoms with Gasteiger partial charge < -0.3 is 123 Å². The quantitative estimate of drug-likeness (QED) is 0.0644. The van der Waals surface area contributed by atoms with Gasteiger partial charge in [-0.15, -0.1) is 0 Å². The van der Waals surface area contributed by atoms with Gasteiger partial charge in [0.15, 0.2) is 0 Å². The van der Waals surface area contributed by atoms with Crippen LogP contribution in [0.2, 0.25) is 0 Å². The highest BCUT2D eigenvalue weighted by Crippen LogP contribution is 2.27. The highest BCUT2D eigenvalue weighted by molar-refractivity contribution is 8.77. The van der Waals surface area contributed by atoms with E-state index in [-0.39, 0.29) is 64.6 Å². The Bertz CT molecular complexity index is 3550. The molecule has 26 N–H and O–H groups in total. The molecule has 18 amide bonds. The summed E-state index contributed by atoms with van der Waals surface area (Å²) in [7, 11) is 3.21. The van der Waals surface area contributed by atoms with E-state index < -0.39 is 270 Å². The first-order valence-corrected chi connectivity index (χ1v) is 40.1. The molecule has 4 fully saturated rings. The predicted octanol–water partition coefficient (Wildman–Crippen LogP) is -10.2. The van der Waals surface area contributed by atoms with Gasteiger partial charge in [0.05, 0.1) is 38.7 Å². The van der Waals surface area contributed by atoms with Crippen molar-refractivity contribution in [2.75, 3.05) is 55.8 Å². The van der Waals surface area contributed by atoms with Crippen molar-refractivity contribution in [3.63, 3.8) is 0 Å². The Morgan fingerprint density at radius 2 is 1.02 bits per heavy atom. The number of aliphatic hydroxyl groups is 1. The maximum Gasteiger partial charge on any atom is 0.305 e. The molecule has 0 saturated carbocycles. The third-order valence-corrected chi connectivity index (χ3v) is 22.7. The maximum atomic E-state index is 14.8. The summed E-state index contributed by atoms with van der Waals surface area (Å²) in [5.74, 6) is -24.9. The molecule has 0 spiro atoms. The number of carboxylic acid groups (broad SMARTS) is 1. The number of aliphatic hydroxyl groups excluding tert-OH is 1. The number of H-pyrrole nitrogens is 1. The summed E-state index contributed by atoms with van der Waals surface area (Å²) in [6, 6.07) is -25.2. The minimum atomic E-state index is -2.01. The van der Waals surface area contributed by atoms with Gasteiger partial charge in [0.25, 0.3) is 0 Å². The lowest BCUT2D eigenvalue weighted by molar-refractivity contribution is -0.145. The summed E-state index contributed by atoms with van der Waals surface area (Å²) in [4.78, 5) is 274. The lowest BCUT2D eigenvalue weighted by Gasteiger charge is -2.31. The van der Waals surface area contributed by atoms with E-state index in [0.717, 1.165) is 48.1 Å². The van der Waals surface area contributed by atoms with Crippen LogP contribution in [0.1, 0.15) is 98.1 Å². The van der Waals surface area contributed by atoms with Gasteiger partial charge in [-0.3, -0.25) is 91.1 Å². The number of aromatic nitrogens is 2. The summed E-state index contributed by atoms with van der Waals surface area (Å²) in [5.41, 5.74) is 28.9. The van der Waals surface area contributed by atoms with Crippen molar-refractivity contribution >= 4 is 155 Å². The van der Waals surface area contributed by atoms with Crippen molar-refractivity contribution in [1.82, 2.24) is 88.9 Å². The number of aliphatic carboxylic acids is 1. The molecule has 2 bridgehead atoms. The molecule has 110 heavy (non-hydrogen) atoms. The van der Waals surface area contributed by atoms with Gasteiger partial charge in [-0.25, -0.2) is 4.98 Å². The summed E-state index contributed by atoms with van der Waals surface area (Å²) in [6.45, 7) is 4.78. The lowest BCUT2D eigenvalue weighted by Crippen LogP contribution is -2.62. The number of rotatable bonds is 17. The molecule has 16 atom stereocenters. The fourth-order valence-electron chi connectivity index (χ4n) is 11.7. The first-order valence-electron chi connectivity index (χ1n) is 35.1. The number of nitrogens with two attached hydrogens (primary N) is 5. The van der Waals surface area contributed by atoms with Crippen molar-refractivity contribution in [3.05, 3.63) is 18.2 Å². The van der Waals surface area contributed by atoms with Crippen LogP contribution >= 0.6 is 43.2 Å². The number of imidazole rings is 1. The van der Waals surface area contributed by atoms with Crippen LogP contribution in [0.5, 0.6) is 0 Å². The minimum Gasteiger partial charge on any atom is -0.481 e. The number of aromatic amines is 1. The molecule has 1 unspecified atom stereocenters. The van der Waals surface area contributed by atoms with Gasteiger partial charge in [0, 0.05) is 54.4 Å². The average Bonchev–Trinajstić information content (AvgIpc) is 1.62. The molecule has 0 aliphatic carbocycles. The first kappa shape index (κ1) is 91.0. The maximum absolute atomic E-state index is 14.8. The van der Waals surface area contributed by atoms with Crippen molar-refractivity contribution in [2.24, 2.45) is 40.5 Å². The van der Waals surface area contributed by atoms with E-state index in [0.29, 0.717) is 5.69 Å². The van der Waals surface area contributed by atoms with E-state index >= 15 is 0 Å². The molecule has 4 aliphatic rings. The number of primary amides is 3. The Labute approximate surface area is 646 Å². The van der Waals surface area contributed by atoms with Gasteiger partial charge in [-0.1, -0.05) is 77.3 Å².